The minimum atomic E-state index is -1.27. The van der Waals surface area contributed by atoms with Crippen molar-refractivity contribution in [1.82, 2.24) is 4.90 Å². The highest BCUT2D eigenvalue weighted by atomic mass is 35.5. The third kappa shape index (κ3) is 4.43. The molecule has 2 N–H and O–H groups in total. The quantitative estimate of drug-likeness (QED) is 0.780. The van der Waals surface area contributed by atoms with E-state index in [1.54, 1.807) is 17.1 Å². The van der Waals surface area contributed by atoms with E-state index in [0.29, 0.717) is 36.0 Å². The second-order valence-corrected chi connectivity index (χ2v) is 7.60. The van der Waals surface area contributed by atoms with E-state index in [1.165, 1.54) is 0 Å². The van der Waals surface area contributed by atoms with E-state index in [2.05, 4.69) is 10.0 Å². The second kappa shape index (κ2) is 8.51. The lowest BCUT2D eigenvalue weighted by Gasteiger charge is -2.31. The monoisotopic (exact) mass is 415 g/mol. The van der Waals surface area contributed by atoms with Crippen LogP contribution in [0.2, 0.25) is 5.02 Å². The Hall–Kier alpha value is -2.45. The number of hydrazone groups is 1. The average molecular weight is 416 g/mol. The molecule has 0 aliphatic carbocycles. The topological polar surface area (TPSA) is 85.6 Å². The molecule has 0 aromatic heterocycles. The van der Waals surface area contributed by atoms with Crippen molar-refractivity contribution in [1.29, 1.82) is 0 Å². The average Bonchev–Trinajstić information content (AvgIpc) is 2.72. The number of halogens is 1. The van der Waals surface area contributed by atoms with E-state index < -0.39 is 12.1 Å². The first kappa shape index (κ1) is 19.8. The van der Waals surface area contributed by atoms with Gasteiger partial charge >= 0.3 is 5.97 Å². The maximum Gasteiger partial charge on any atom is 0.355 e. The molecule has 7 nitrogen and oxygen atoms in total. The number of anilines is 1. The lowest BCUT2D eigenvalue weighted by atomic mass is 9.97. The van der Waals surface area contributed by atoms with Gasteiger partial charge in [0.05, 0.1) is 25.4 Å². The molecule has 2 aromatic carbocycles. The second-order valence-electron chi connectivity index (χ2n) is 7.16. The summed E-state index contributed by atoms with van der Waals surface area (Å²) in [5, 5.41) is 26.6. The number of fused-ring (bicyclic) bond motifs is 1. The van der Waals surface area contributed by atoms with Crippen LogP contribution in [-0.4, -0.2) is 53.1 Å². The Morgan fingerprint density at radius 3 is 2.48 bits per heavy atom. The summed E-state index contributed by atoms with van der Waals surface area (Å²) in [4.78, 5) is 13.9. The number of ether oxygens (including phenoxy) is 1. The van der Waals surface area contributed by atoms with Crippen LogP contribution in [0.15, 0.2) is 47.6 Å². The third-order valence-corrected chi connectivity index (χ3v) is 5.38. The van der Waals surface area contributed by atoms with Crippen LogP contribution in [-0.2, 0) is 22.6 Å². The minimum Gasteiger partial charge on any atom is -0.477 e. The number of aliphatic carboxylic acids is 1. The van der Waals surface area contributed by atoms with Gasteiger partial charge in [-0.15, -0.1) is 0 Å². The van der Waals surface area contributed by atoms with Crippen molar-refractivity contribution in [2.24, 2.45) is 5.10 Å². The molecule has 1 saturated heterocycles. The summed E-state index contributed by atoms with van der Waals surface area (Å²) >= 11 is 5.95. The van der Waals surface area contributed by atoms with Crippen molar-refractivity contribution >= 4 is 29.0 Å². The summed E-state index contributed by atoms with van der Waals surface area (Å²) < 4.78 is 5.39. The van der Waals surface area contributed by atoms with E-state index in [-0.39, 0.29) is 5.71 Å². The number of nitrogens with zero attached hydrogens (tertiary/aromatic N) is 3. The lowest BCUT2D eigenvalue weighted by Crippen LogP contribution is -2.36. The Morgan fingerprint density at radius 1 is 1.10 bits per heavy atom. The molecule has 0 radical (unpaired) electrons. The molecule has 152 valence electrons. The Balaban J connectivity index is 1.64. The number of carboxylic acid groups (broad SMARTS) is 1. The maximum absolute atomic E-state index is 11.7. The number of rotatable bonds is 5. The van der Waals surface area contributed by atoms with Gasteiger partial charge in [-0.05, 0) is 35.4 Å². The molecule has 29 heavy (non-hydrogen) atoms. The standard InChI is InChI=1S/C21H22ClN3O4/c22-16-4-1-14(2-5-16)13-25-18-6-3-15(12-24-7-9-29-10-8-24)11-17(18)20(26)19(23-25)21(27)28/h1-6,11,20,26H,7-10,12-13H2,(H,27,28). The Kier molecular flexibility index (Phi) is 5.82. The largest absolute Gasteiger partial charge is 0.477 e. The van der Waals surface area contributed by atoms with Crippen molar-refractivity contribution in [3.8, 4) is 0 Å². The number of carbonyl (C=O) groups is 1. The first-order chi connectivity index (χ1) is 14.0. The molecule has 1 unspecified atom stereocenters. The fraction of sp³-hybridized carbons (Fsp3) is 0.333. The summed E-state index contributed by atoms with van der Waals surface area (Å²) in [6.45, 7) is 4.21. The zero-order valence-electron chi connectivity index (χ0n) is 15.8. The summed E-state index contributed by atoms with van der Waals surface area (Å²) in [7, 11) is 0. The molecule has 2 aromatic rings. The number of carboxylic acids is 1. The highest BCUT2D eigenvalue weighted by Gasteiger charge is 2.32. The van der Waals surface area contributed by atoms with Crippen LogP contribution in [0, 0.1) is 0 Å². The van der Waals surface area contributed by atoms with Crippen molar-refractivity contribution in [3.05, 3.63) is 64.2 Å². The highest BCUT2D eigenvalue weighted by molar-refractivity contribution is 6.38. The molecule has 2 aliphatic heterocycles. The zero-order chi connectivity index (χ0) is 20.4. The smallest absolute Gasteiger partial charge is 0.355 e. The molecule has 2 heterocycles. The summed E-state index contributed by atoms with van der Waals surface area (Å²) in [6.07, 6.45) is -1.27. The number of hydrogen-bond acceptors (Lipinski definition) is 6. The number of aliphatic hydroxyl groups is 1. The molecule has 0 saturated carbocycles. The Morgan fingerprint density at radius 2 is 1.79 bits per heavy atom. The number of benzene rings is 2. The van der Waals surface area contributed by atoms with Crippen LogP contribution in [0.5, 0.6) is 0 Å². The van der Waals surface area contributed by atoms with Crippen LogP contribution in [0.25, 0.3) is 0 Å². The molecule has 1 fully saturated rings. The maximum atomic E-state index is 11.7. The van der Waals surface area contributed by atoms with Crippen LogP contribution >= 0.6 is 11.6 Å². The van der Waals surface area contributed by atoms with E-state index in [1.807, 2.05) is 30.3 Å². The van der Waals surface area contributed by atoms with Gasteiger partial charge in [0, 0.05) is 30.2 Å². The van der Waals surface area contributed by atoms with Crippen LogP contribution in [0.3, 0.4) is 0 Å². The van der Waals surface area contributed by atoms with Gasteiger partial charge in [0.25, 0.3) is 0 Å². The summed E-state index contributed by atoms with van der Waals surface area (Å²) in [6, 6.07) is 13.1. The third-order valence-electron chi connectivity index (χ3n) is 5.13. The molecule has 4 rings (SSSR count). The van der Waals surface area contributed by atoms with Gasteiger partial charge < -0.3 is 14.9 Å². The Bertz CT molecular complexity index is 926. The Labute approximate surface area is 173 Å². The molecule has 0 spiro atoms. The molecule has 0 amide bonds. The summed E-state index contributed by atoms with van der Waals surface area (Å²) in [5.74, 6) is -1.23. The van der Waals surface area contributed by atoms with Gasteiger partial charge in [-0.2, -0.15) is 5.10 Å². The normalized spacial score (nSPS) is 19.6. The van der Waals surface area contributed by atoms with Crippen LogP contribution in [0.4, 0.5) is 5.69 Å². The predicted molar refractivity (Wildman–Crippen MR) is 110 cm³/mol. The van der Waals surface area contributed by atoms with Gasteiger partial charge in [0.2, 0.25) is 0 Å². The van der Waals surface area contributed by atoms with Gasteiger partial charge in [0.15, 0.2) is 5.71 Å². The van der Waals surface area contributed by atoms with Crippen LogP contribution < -0.4 is 5.01 Å². The molecule has 8 heteroatoms. The fourth-order valence-corrected chi connectivity index (χ4v) is 3.73. The van der Waals surface area contributed by atoms with Gasteiger partial charge in [-0.3, -0.25) is 9.91 Å². The number of aliphatic hydroxyl groups excluding tert-OH is 1. The molecular formula is C21H22ClN3O4. The van der Waals surface area contributed by atoms with Crippen molar-refractivity contribution in [2.75, 3.05) is 31.3 Å². The number of morpholine rings is 1. The summed E-state index contributed by atoms with van der Waals surface area (Å²) in [5.41, 5.74) is 2.92. The minimum absolute atomic E-state index is 0.282. The van der Waals surface area contributed by atoms with Crippen molar-refractivity contribution in [2.45, 2.75) is 19.2 Å². The van der Waals surface area contributed by atoms with Crippen LogP contribution in [0.1, 0.15) is 22.8 Å². The first-order valence-electron chi connectivity index (χ1n) is 9.46. The number of hydrogen-bond donors (Lipinski definition) is 2. The van der Waals surface area contributed by atoms with Crippen molar-refractivity contribution in [3.63, 3.8) is 0 Å². The van der Waals surface area contributed by atoms with E-state index in [4.69, 9.17) is 16.3 Å². The van der Waals surface area contributed by atoms with E-state index >= 15 is 0 Å². The SMILES string of the molecule is O=C(O)C1=NN(Cc2ccc(Cl)cc2)c2ccc(CN3CCOCC3)cc2C1O. The van der Waals surface area contributed by atoms with E-state index in [9.17, 15) is 15.0 Å². The lowest BCUT2D eigenvalue weighted by molar-refractivity contribution is -0.130. The predicted octanol–water partition coefficient (Wildman–Crippen LogP) is 2.67. The first-order valence-corrected chi connectivity index (χ1v) is 9.84. The van der Waals surface area contributed by atoms with Gasteiger partial charge in [0.1, 0.15) is 6.10 Å². The molecule has 0 bridgehead atoms. The fourth-order valence-electron chi connectivity index (χ4n) is 3.60. The van der Waals surface area contributed by atoms with Gasteiger partial charge in [-0.1, -0.05) is 29.8 Å². The molecule has 1 atom stereocenters. The van der Waals surface area contributed by atoms with E-state index in [0.717, 1.165) is 30.8 Å². The highest BCUT2D eigenvalue weighted by Crippen LogP contribution is 2.34. The van der Waals surface area contributed by atoms with Crippen molar-refractivity contribution < 1.29 is 19.7 Å². The zero-order valence-corrected chi connectivity index (χ0v) is 16.5. The molecule has 2 aliphatic rings. The molecular weight excluding hydrogens is 394 g/mol. The van der Waals surface area contributed by atoms with Gasteiger partial charge in [-0.25, -0.2) is 4.79 Å².